The molecule has 0 saturated heterocycles. The Kier molecular flexibility index (Phi) is 8.81. The van der Waals surface area contributed by atoms with Gasteiger partial charge >= 0.3 is 0 Å². The topological polar surface area (TPSA) is 64.5 Å². The minimum atomic E-state index is 0.701. The van der Waals surface area contributed by atoms with Crippen molar-refractivity contribution in [3.63, 3.8) is 0 Å². The maximum absolute atomic E-state index is 5.45. The number of methoxy groups -OCH3 is 1. The number of ether oxygens (including phenoxy) is 1. The van der Waals surface area contributed by atoms with Crippen LogP contribution in [0.5, 0.6) is 0 Å². The van der Waals surface area contributed by atoms with Crippen LogP contribution in [0.3, 0.4) is 0 Å². The Bertz CT molecular complexity index is 84.4. The van der Waals surface area contributed by atoms with Crippen molar-refractivity contribution in [2.75, 3.05) is 46.4 Å². The van der Waals surface area contributed by atoms with Crippen LogP contribution in [-0.2, 0) is 4.74 Å². The summed E-state index contributed by atoms with van der Waals surface area (Å²) in [6, 6.07) is 0. The molecule has 74 valence electrons. The van der Waals surface area contributed by atoms with Crippen LogP contribution in [0.4, 0.5) is 0 Å². The smallest absolute Gasteiger partial charge is 0.0474 e. The van der Waals surface area contributed by atoms with E-state index in [9.17, 15) is 0 Å². The van der Waals surface area contributed by atoms with Crippen LogP contribution < -0.4 is 11.5 Å². The van der Waals surface area contributed by atoms with Crippen molar-refractivity contribution in [2.24, 2.45) is 11.5 Å². The van der Waals surface area contributed by atoms with E-state index in [1.165, 1.54) is 0 Å². The van der Waals surface area contributed by atoms with Crippen molar-refractivity contribution in [1.82, 2.24) is 4.90 Å². The molecule has 0 amide bonds. The van der Waals surface area contributed by atoms with Gasteiger partial charge in [0.25, 0.3) is 0 Å². The van der Waals surface area contributed by atoms with Crippen LogP contribution in [0.25, 0.3) is 0 Å². The van der Waals surface area contributed by atoms with E-state index in [1.54, 1.807) is 7.11 Å². The molecule has 0 aliphatic rings. The molecule has 0 spiro atoms. The highest BCUT2D eigenvalue weighted by Gasteiger charge is 2.00. The molecule has 0 aliphatic heterocycles. The molecule has 4 nitrogen and oxygen atoms in total. The van der Waals surface area contributed by atoms with Crippen molar-refractivity contribution in [3.8, 4) is 0 Å². The van der Waals surface area contributed by atoms with Gasteiger partial charge in [0.1, 0.15) is 0 Å². The maximum Gasteiger partial charge on any atom is 0.0474 e. The van der Waals surface area contributed by atoms with Gasteiger partial charge in [0.2, 0.25) is 0 Å². The van der Waals surface area contributed by atoms with Gasteiger partial charge in [-0.1, -0.05) is 0 Å². The average Bonchev–Trinajstić information content (AvgIpc) is 2.06. The SMILES string of the molecule is COCCCN(CCN)CCN. The Labute approximate surface area is 74.8 Å². The van der Waals surface area contributed by atoms with Gasteiger partial charge in [0, 0.05) is 46.4 Å². The van der Waals surface area contributed by atoms with Gasteiger partial charge in [0.15, 0.2) is 0 Å². The van der Waals surface area contributed by atoms with Crippen LogP contribution in [0.2, 0.25) is 0 Å². The third-order valence-electron chi connectivity index (χ3n) is 1.71. The van der Waals surface area contributed by atoms with Gasteiger partial charge in [-0.25, -0.2) is 0 Å². The zero-order chi connectivity index (χ0) is 9.23. The average molecular weight is 175 g/mol. The van der Waals surface area contributed by atoms with E-state index >= 15 is 0 Å². The minimum absolute atomic E-state index is 0.701. The molecule has 4 heteroatoms. The minimum Gasteiger partial charge on any atom is -0.385 e. The first kappa shape index (κ1) is 11.8. The summed E-state index contributed by atoms with van der Waals surface area (Å²) >= 11 is 0. The molecule has 0 saturated carbocycles. The van der Waals surface area contributed by atoms with Crippen molar-refractivity contribution in [3.05, 3.63) is 0 Å². The van der Waals surface area contributed by atoms with Crippen LogP contribution >= 0.6 is 0 Å². The molecule has 0 aromatic rings. The maximum atomic E-state index is 5.45. The monoisotopic (exact) mass is 175 g/mol. The number of hydrogen-bond acceptors (Lipinski definition) is 4. The highest BCUT2D eigenvalue weighted by molar-refractivity contribution is 4.58. The second-order valence-electron chi connectivity index (χ2n) is 2.77. The molecule has 0 aliphatic carbocycles. The summed E-state index contributed by atoms with van der Waals surface area (Å²) in [5, 5.41) is 0. The Balaban J connectivity index is 3.34. The number of nitrogens with two attached hydrogens (primary N) is 2. The summed E-state index contributed by atoms with van der Waals surface area (Å²) in [6.07, 6.45) is 1.05. The summed E-state index contributed by atoms with van der Waals surface area (Å²) in [4.78, 5) is 2.26. The molecule has 0 atom stereocenters. The molecule has 12 heavy (non-hydrogen) atoms. The lowest BCUT2D eigenvalue weighted by molar-refractivity contribution is 0.174. The zero-order valence-electron chi connectivity index (χ0n) is 7.96. The number of hydrogen-bond donors (Lipinski definition) is 2. The first-order chi connectivity index (χ1) is 5.85. The quantitative estimate of drug-likeness (QED) is 0.476. The second-order valence-corrected chi connectivity index (χ2v) is 2.77. The molecule has 0 heterocycles. The predicted molar refractivity (Wildman–Crippen MR) is 51.0 cm³/mol. The van der Waals surface area contributed by atoms with Crippen molar-refractivity contribution >= 4 is 0 Å². The number of rotatable bonds is 8. The zero-order valence-corrected chi connectivity index (χ0v) is 7.96. The van der Waals surface area contributed by atoms with E-state index in [2.05, 4.69) is 4.90 Å². The fourth-order valence-electron chi connectivity index (χ4n) is 1.13. The van der Waals surface area contributed by atoms with Crippen LogP contribution in [0.1, 0.15) is 6.42 Å². The molecular weight excluding hydrogens is 154 g/mol. The Hall–Kier alpha value is -0.160. The van der Waals surface area contributed by atoms with Crippen molar-refractivity contribution < 1.29 is 4.74 Å². The molecule has 0 fully saturated rings. The third-order valence-corrected chi connectivity index (χ3v) is 1.71. The predicted octanol–water partition coefficient (Wildman–Crippen LogP) is -0.758. The lowest BCUT2D eigenvalue weighted by atomic mass is 10.3. The molecule has 0 radical (unpaired) electrons. The van der Waals surface area contributed by atoms with Gasteiger partial charge in [-0.2, -0.15) is 0 Å². The molecule has 0 bridgehead atoms. The highest BCUT2D eigenvalue weighted by atomic mass is 16.5. The molecule has 0 rings (SSSR count). The fraction of sp³-hybridized carbons (Fsp3) is 1.00. The normalized spacial score (nSPS) is 11.0. The Morgan fingerprint density at radius 2 is 1.67 bits per heavy atom. The largest absolute Gasteiger partial charge is 0.385 e. The van der Waals surface area contributed by atoms with Crippen LogP contribution in [0.15, 0.2) is 0 Å². The van der Waals surface area contributed by atoms with Crippen LogP contribution in [0, 0.1) is 0 Å². The molecular formula is C8H21N3O. The Morgan fingerprint density at radius 1 is 1.08 bits per heavy atom. The van der Waals surface area contributed by atoms with Gasteiger partial charge < -0.3 is 21.1 Å². The highest BCUT2D eigenvalue weighted by Crippen LogP contribution is 1.89. The summed E-state index contributed by atoms with van der Waals surface area (Å²) in [5.74, 6) is 0. The first-order valence-corrected chi connectivity index (χ1v) is 4.46. The van der Waals surface area contributed by atoms with E-state index < -0.39 is 0 Å². The Morgan fingerprint density at radius 3 is 2.08 bits per heavy atom. The summed E-state index contributed by atoms with van der Waals surface area (Å²) in [6.45, 7) is 5.11. The van der Waals surface area contributed by atoms with E-state index in [0.717, 1.165) is 32.7 Å². The third kappa shape index (κ3) is 6.54. The van der Waals surface area contributed by atoms with Gasteiger partial charge in [0.05, 0.1) is 0 Å². The first-order valence-electron chi connectivity index (χ1n) is 4.46. The van der Waals surface area contributed by atoms with Gasteiger partial charge in [-0.05, 0) is 6.42 Å². The molecule has 0 aromatic heterocycles. The summed E-state index contributed by atoms with van der Waals surface area (Å²) < 4.78 is 4.96. The van der Waals surface area contributed by atoms with Crippen molar-refractivity contribution in [1.29, 1.82) is 0 Å². The molecule has 4 N–H and O–H groups in total. The van der Waals surface area contributed by atoms with E-state index in [4.69, 9.17) is 16.2 Å². The van der Waals surface area contributed by atoms with Gasteiger partial charge in [-0.15, -0.1) is 0 Å². The van der Waals surface area contributed by atoms with E-state index in [1.807, 2.05) is 0 Å². The van der Waals surface area contributed by atoms with Crippen molar-refractivity contribution in [2.45, 2.75) is 6.42 Å². The summed E-state index contributed by atoms with van der Waals surface area (Å²) in [5.41, 5.74) is 10.9. The van der Waals surface area contributed by atoms with E-state index in [0.29, 0.717) is 13.1 Å². The lowest BCUT2D eigenvalue weighted by Crippen LogP contribution is -2.35. The number of nitrogens with zero attached hydrogens (tertiary/aromatic N) is 1. The van der Waals surface area contributed by atoms with Crippen LogP contribution in [-0.4, -0.2) is 51.3 Å². The molecule has 0 aromatic carbocycles. The summed E-state index contributed by atoms with van der Waals surface area (Å²) in [7, 11) is 1.72. The standard InChI is InChI=1S/C8H21N3O/c1-12-8-2-5-11(6-3-9)7-4-10/h2-10H2,1H3. The van der Waals surface area contributed by atoms with E-state index in [-0.39, 0.29) is 0 Å². The fourth-order valence-corrected chi connectivity index (χ4v) is 1.13. The second kappa shape index (κ2) is 8.93. The molecule has 0 unspecified atom stereocenters. The lowest BCUT2D eigenvalue weighted by Gasteiger charge is -2.20. The van der Waals surface area contributed by atoms with Gasteiger partial charge in [-0.3, -0.25) is 0 Å².